The quantitative estimate of drug-likeness (QED) is 0.809. The fourth-order valence-corrected chi connectivity index (χ4v) is 3.86. The second kappa shape index (κ2) is 7.43. The van der Waals surface area contributed by atoms with Gasteiger partial charge in [-0.3, -0.25) is 9.10 Å². The van der Waals surface area contributed by atoms with Crippen LogP contribution in [0.4, 0.5) is 5.69 Å². The molecule has 8 heteroatoms. The normalized spacial score (nSPS) is 11.0. The van der Waals surface area contributed by atoms with Crippen LogP contribution in [-0.4, -0.2) is 40.3 Å². The summed E-state index contributed by atoms with van der Waals surface area (Å²) in [6.45, 7) is 1.02. The van der Waals surface area contributed by atoms with Crippen LogP contribution in [0.1, 0.15) is 5.56 Å². The first-order valence-electron chi connectivity index (χ1n) is 7.33. The maximum absolute atomic E-state index is 13.1. The van der Waals surface area contributed by atoms with Crippen molar-refractivity contribution >= 4 is 21.7 Å². The van der Waals surface area contributed by atoms with Crippen LogP contribution in [0.15, 0.2) is 47.4 Å². The Kier molecular flexibility index (Phi) is 5.53. The molecule has 25 heavy (non-hydrogen) atoms. The third kappa shape index (κ3) is 3.85. The lowest BCUT2D eigenvalue weighted by atomic mass is 10.2. The largest absolute Gasteiger partial charge is 0.493 e. The number of hydrogen-bond acceptors (Lipinski definition) is 5. The number of aliphatic carboxylic acids is 1. The molecule has 0 aliphatic heterocycles. The number of hydrogen-bond donors (Lipinski definition) is 1. The van der Waals surface area contributed by atoms with Gasteiger partial charge in [-0.15, -0.1) is 0 Å². The minimum atomic E-state index is -4.11. The summed E-state index contributed by atoms with van der Waals surface area (Å²) in [7, 11) is -1.28. The first kappa shape index (κ1) is 18.6. The number of carboxylic acid groups (broad SMARTS) is 1. The number of carboxylic acids is 1. The Hall–Kier alpha value is -2.74. The smallest absolute Gasteiger partial charge is 0.324 e. The zero-order valence-corrected chi connectivity index (χ0v) is 14.9. The number of rotatable bonds is 7. The molecule has 0 radical (unpaired) electrons. The Morgan fingerprint density at radius 3 is 2.28 bits per heavy atom. The van der Waals surface area contributed by atoms with Crippen molar-refractivity contribution in [3.63, 3.8) is 0 Å². The van der Waals surface area contributed by atoms with Gasteiger partial charge in [0.25, 0.3) is 10.0 Å². The first-order valence-corrected chi connectivity index (χ1v) is 8.77. The van der Waals surface area contributed by atoms with Crippen molar-refractivity contribution in [2.24, 2.45) is 0 Å². The zero-order valence-electron chi connectivity index (χ0n) is 14.1. The van der Waals surface area contributed by atoms with Crippen molar-refractivity contribution in [2.45, 2.75) is 11.8 Å². The monoisotopic (exact) mass is 365 g/mol. The second-order valence-corrected chi connectivity index (χ2v) is 7.07. The Morgan fingerprint density at radius 1 is 1.08 bits per heavy atom. The van der Waals surface area contributed by atoms with E-state index in [4.69, 9.17) is 9.47 Å². The summed E-state index contributed by atoms with van der Waals surface area (Å²) in [6, 6.07) is 10.8. The van der Waals surface area contributed by atoms with Gasteiger partial charge < -0.3 is 14.6 Å². The van der Waals surface area contributed by atoms with Gasteiger partial charge in [0.1, 0.15) is 6.54 Å². The van der Waals surface area contributed by atoms with Gasteiger partial charge in [0.05, 0.1) is 24.8 Å². The predicted octanol–water partition coefficient (Wildman–Crippen LogP) is 2.29. The molecule has 0 fully saturated rings. The van der Waals surface area contributed by atoms with E-state index in [1.54, 1.807) is 31.2 Å². The van der Waals surface area contributed by atoms with Crippen LogP contribution >= 0.6 is 0 Å². The third-order valence-corrected chi connectivity index (χ3v) is 5.36. The maximum Gasteiger partial charge on any atom is 0.324 e. The van der Waals surface area contributed by atoms with Gasteiger partial charge in [-0.1, -0.05) is 18.2 Å². The average molecular weight is 365 g/mol. The molecule has 7 nitrogen and oxygen atoms in total. The van der Waals surface area contributed by atoms with E-state index >= 15 is 0 Å². The number of para-hydroxylation sites is 1. The van der Waals surface area contributed by atoms with Crippen LogP contribution in [0.25, 0.3) is 0 Å². The lowest BCUT2D eigenvalue weighted by molar-refractivity contribution is -0.135. The lowest BCUT2D eigenvalue weighted by Gasteiger charge is -2.24. The average Bonchev–Trinajstić information content (AvgIpc) is 2.59. The number of nitrogens with zero attached hydrogens (tertiary/aromatic N) is 1. The van der Waals surface area contributed by atoms with Crippen molar-refractivity contribution in [3.8, 4) is 11.5 Å². The minimum absolute atomic E-state index is 0.0883. The molecule has 0 aromatic heterocycles. The summed E-state index contributed by atoms with van der Waals surface area (Å²) >= 11 is 0. The Balaban J connectivity index is 2.60. The van der Waals surface area contributed by atoms with E-state index in [0.29, 0.717) is 17.0 Å². The summed E-state index contributed by atoms with van der Waals surface area (Å²) in [6.07, 6.45) is 0. The van der Waals surface area contributed by atoms with Crippen LogP contribution in [0.5, 0.6) is 11.5 Å². The molecule has 0 bridgehead atoms. The highest BCUT2D eigenvalue weighted by Gasteiger charge is 2.29. The van der Waals surface area contributed by atoms with E-state index in [-0.39, 0.29) is 10.6 Å². The van der Waals surface area contributed by atoms with Crippen molar-refractivity contribution < 1.29 is 27.8 Å². The van der Waals surface area contributed by atoms with Crippen LogP contribution in [-0.2, 0) is 14.8 Å². The number of ether oxygens (including phenoxy) is 2. The predicted molar refractivity (Wildman–Crippen MR) is 92.9 cm³/mol. The van der Waals surface area contributed by atoms with Crippen LogP contribution in [0.2, 0.25) is 0 Å². The maximum atomic E-state index is 13.1. The highest BCUT2D eigenvalue weighted by molar-refractivity contribution is 7.92. The molecule has 0 aliphatic rings. The summed E-state index contributed by atoms with van der Waals surface area (Å²) in [5.41, 5.74) is 0.951. The van der Waals surface area contributed by atoms with Gasteiger partial charge in [0.15, 0.2) is 11.5 Å². The molecule has 0 spiro atoms. The molecule has 0 heterocycles. The van der Waals surface area contributed by atoms with Crippen LogP contribution < -0.4 is 13.8 Å². The van der Waals surface area contributed by atoms with E-state index in [0.717, 1.165) is 4.31 Å². The molecular formula is C17H19NO6S. The second-order valence-electron chi connectivity index (χ2n) is 5.21. The number of benzene rings is 2. The van der Waals surface area contributed by atoms with Gasteiger partial charge >= 0.3 is 5.97 Å². The number of carbonyl (C=O) groups is 1. The van der Waals surface area contributed by atoms with Crippen LogP contribution in [0, 0.1) is 6.92 Å². The molecule has 0 saturated carbocycles. The molecule has 0 aliphatic carbocycles. The van der Waals surface area contributed by atoms with Gasteiger partial charge in [-0.05, 0) is 30.7 Å². The summed E-state index contributed by atoms with van der Waals surface area (Å²) in [5, 5.41) is 9.18. The summed E-state index contributed by atoms with van der Waals surface area (Å²) in [5.74, 6) is -0.641. The highest BCUT2D eigenvalue weighted by atomic mass is 32.2. The SMILES string of the molecule is COc1ccc(S(=O)(=O)N(CC(=O)O)c2ccccc2C)cc1OC. The van der Waals surface area contributed by atoms with E-state index in [1.165, 1.54) is 32.4 Å². The molecule has 1 N–H and O–H groups in total. The molecule has 134 valence electrons. The van der Waals surface area contributed by atoms with Crippen LogP contribution in [0.3, 0.4) is 0 Å². The van der Waals surface area contributed by atoms with Gasteiger partial charge in [0, 0.05) is 6.07 Å². The van der Waals surface area contributed by atoms with Crippen molar-refractivity contribution in [2.75, 3.05) is 25.1 Å². The molecule has 2 rings (SSSR count). The first-order chi connectivity index (χ1) is 11.8. The molecule has 0 amide bonds. The van der Waals surface area contributed by atoms with E-state index in [2.05, 4.69) is 0 Å². The molecule has 0 atom stereocenters. The third-order valence-electron chi connectivity index (χ3n) is 3.61. The van der Waals surface area contributed by atoms with Gasteiger partial charge in [0.2, 0.25) is 0 Å². The Morgan fingerprint density at radius 2 is 1.72 bits per heavy atom. The number of aryl methyl sites for hydroxylation is 1. The van der Waals surface area contributed by atoms with E-state index in [9.17, 15) is 18.3 Å². The minimum Gasteiger partial charge on any atom is -0.493 e. The van der Waals surface area contributed by atoms with Crippen molar-refractivity contribution in [1.29, 1.82) is 0 Å². The highest BCUT2D eigenvalue weighted by Crippen LogP contribution is 2.32. The van der Waals surface area contributed by atoms with Gasteiger partial charge in [-0.25, -0.2) is 8.42 Å². The molecule has 2 aromatic rings. The molecule has 0 saturated heterocycles. The molecule has 0 unspecified atom stereocenters. The van der Waals surface area contributed by atoms with Gasteiger partial charge in [-0.2, -0.15) is 0 Å². The fourth-order valence-electron chi connectivity index (χ4n) is 2.37. The molecular weight excluding hydrogens is 346 g/mol. The summed E-state index contributed by atoms with van der Waals surface area (Å²) in [4.78, 5) is 11.2. The Labute approximate surface area is 146 Å². The zero-order chi connectivity index (χ0) is 18.6. The standard InChI is InChI=1S/C17H19NO6S/c1-12-6-4-5-7-14(12)18(11-17(19)20)25(21,22)13-8-9-15(23-2)16(10-13)24-3/h4-10H,11H2,1-3H3,(H,19,20). The lowest BCUT2D eigenvalue weighted by Crippen LogP contribution is -2.36. The fraction of sp³-hybridized carbons (Fsp3) is 0.235. The topological polar surface area (TPSA) is 93.1 Å². The van der Waals surface area contributed by atoms with E-state index < -0.39 is 22.5 Å². The van der Waals surface area contributed by atoms with Crippen molar-refractivity contribution in [3.05, 3.63) is 48.0 Å². The number of sulfonamides is 1. The van der Waals surface area contributed by atoms with E-state index in [1.807, 2.05) is 0 Å². The number of anilines is 1. The van der Waals surface area contributed by atoms with Crippen molar-refractivity contribution in [1.82, 2.24) is 0 Å². The molecule has 2 aromatic carbocycles. The summed E-state index contributed by atoms with van der Waals surface area (Å²) < 4.78 is 37.2. The Bertz CT molecular complexity index is 878. The number of methoxy groups -OCH3 is 2.